The van der Waals surface area contributed by atoms with Crippen LogP contribution in [-0.4, -0.2) is 9.78 Å². The quantitative estimate of drug-likeness (QED) is 0.782. The van der Waals surface area contributed by atoms with Gasteiger partial charge in [-0.15, -0.1) is 0 Å². The van der Waals surface area contributed by atoms with E-state index in [1.165, 1.54) is 0 Å². The first-order valence-electron chi connectivity index (χ1n) is 6.50. The van der Waals surface area contributed by atoms with Gasteiger partial charge in [-0.2, -0.15) is 5.10 Å². The lowest BCUT2D eigenvalue weighted by Gasteiger charge is -2.11. The average Bonchev–Trinajstić information content (AvgIpc) is 2.76. The number of hydrogen-bond acceptors (Lipinski definition) is 2. The SMILES string of the molecule is CCc1nn(CC)c(CNc2cccc(Cl)c2Br)c1Cl. The smallest absolute Gasteiger partial charge is 0.0868 e. The second-order valence-corrected chi connectivity index (χ2v) is 5.91. The van der Waals surface area contributed by atoms with E-state index in [0.717, 1.165) is 39.5 Å². The highest BCUT2D eigenvalue weighted by Crippen LogP contribution is 2.31. The number of benzene rings is 1. The maximum atomic E-state index is 6.38. The monoisotopic (exact) mass is 375 g/mol. The minimum Gasteiger partial charge on any atom is -0.378 e. The Balaban J connectivity index is 2.22. The molecule has 2 aromatic rings. The summed E-state index contributed by atoms with van der Waals surface area (Å²) in [6.07, 6.45) is 0.833. The molecule has 0 aliphatic heterocycles. The number of rotatable bonds is 5. The first-order valence-corrected chi connectivity index (χ1v) is 8.05. The van der Waals surface area contributed by atoms with Crippen LogP contribution in [0.2, 0.25) is 10.0 Å². The maximum Gasteiger partial charge on any atom is 0.0868 e. The van der Waals surface area contributed by atoms with Crippen molar-refractivity contribution < 1.29 is 0 Å². The van der Waals surface area contributed by atoms with E-state index in [0.29, 0.717) is 11.6 Å². The van der Waals surface area contributed by atoms with Crippen LogP contribution in [0, 0.1) is 0 Å². The van der Waals surface area contributed by atoms with Gasteiger partial charge in [-0.3, -0.25) is 4.68 Å². The fourth-order valence-corrected chi connectivity index (χ4v) is 2.92. The summed E-state index contributed by atoms with van der Waals surface area (Å²) >= 11 is 15.9. The van der Waals surface area contributed by atoms with E-state index in [1.807, 2.05) is 22.9 Å². The van der Waals surface area contributed by atoms with Gasteiger partial charge >= 0.3 is 0 Å². The van der Waals surface area contributed by atoms with E-state index >= 15 is 0 Å². The molecule has 6 heteroatoms. The van der Waals surface area contributed by atoms with Gasteiger partial charge in [0.1, 0.15) is 0 Å². The van der Waals surface area contributed by atoms with Crippen LogP contribution in [0.15, 0.2) is 22.7 Å². The maximum absolute atomic E-state index is 6.38. The van der Waals surface area contributed by atoms with E-state index in [2.05, 4.69) is 40.2 Å². The molecule has 0 saturated heterocycles. The molecule has 2 rings (SSSR count). The van der Waals surface area contributed by atoms with Crippen molar-refractivity contribution in [3.8, 4) is 0 Å². The van der Waals surface area contributed by atoms with Crippen LogP contribution in [0.5, 0.6) is 0 Å². The summed E-state index contributed by atoms with van der Waals surface area (Å²) in [5.74, 6) is 0. The molecule has 1 N–H and O–H groups in total. The predicted molar refractivity (Wildman–Crippen MR) is 88.8 cm³/mol. The first kappa shape index (κ1) is 15.7. The van der Waals surface area contributed by atoms with Gasteiger partial charge in [0, 0.05) is 6.54 Å². The summed E-state index contributed by atoms with van der Waals surface area (Å²) in [7, 11) is 0. The molecule has 0 unspecified atom stereocenters. The largest absolute Gasteiger partial charge is 0.378 e. The third-order valence-electron chi connectivity index (χ3n) is 3.09. The number of aromatic nitrogens is 2. The van der Waals surface area contributed by atoms with Crippen molar-refractivity contribution in [2.24, 2.45) is 0 Å². The Morgan fingerprint density at radius 2 is 2.05 bits per heavy atom. The zero-order valence-corrected chi connectivity index (χ0v) is 14.5. The number of hydrogen-bond donors (Lipinski definition) is 1. The van der Waals surface area contributed by atoms with E-state index in [1.54, 1.807) is 0 Å². The molecular formula is C14H16BrCl2N3. The van der Waals surface area contributed by atoms with Crippen molar-refractivity contribution in [3.63, 3.8) is 0 Å². The molecule has 0 aliphatic rings. The highest BCUT2D eigenvalue weighted by molar-refractivity contribution is 9.10. The Morgan fingerprint density at radius 1 is 1.30 bits per heavy atom. The summed E-state index contributed by atoms with van der Waals surface area (Å²) in [5.41, 5.74) is 2.88. The average molecular weight is 377 g/mol. The fraction of sp³-hybridized carbons (Fsp3) is 0.357. The van der Waals surface area contributed by atoms with E-state index in [-0.39, 0.29) is 0 Å². The molecule has 1 aromatic carbocycles. The van der Waals surface area contributed by atoms with Crippen LogP contribution in [0.3, 0.4) is 0 Å². The molecule has 0 bridgehead atoms. The van der Waals surface area contributed by atoms with Gasteiger partial charge < -0.3 is 5.32 Å². The second kappa shape index (κ2) is 6.83. The van der Waals surface area contributed by atoms with Crippen molar-refractivity contribution in [2.45, 2.75) is 33.4 Å². The van der Waals surface area contributed by atoms with Crippen LogP contribution in [0.4, 0.5) is 5.69 Å². The van der Waals surface area contributed by atoms with Crippen molar-refractivity contribution in [3.05, 3.63) is 44.1 Å². The number of aryl methyl sites for hydroxylation is 2. The van der Waals surface area contributed by atoms with Crippen molar-refractivity contribution in [1.29, 1.82) is 0 Å². The lowest BCUT2D eigenvalue weighted by atomic mass is 10.2. The number of nitrogens with zero attached hydrogens (tertiary/aromatic N) is 2. The first-order chi connectivity index (χ1) is 9.58. The highest BCUT2D eigenvalue weighted by Gasteiger charge is 2.14. The molecule has 0 spiro atoms. The molecule has 0 radical (unpaired) electrons. The molecule has 0 saturated carbocycles. The Hall–Kier alpha value is -0.710. The topological polar surface area (TPSA) is 29.9 Å². The van der Waals surface area contributed by atoms with Crippen molar-refractivity contribution in [1.82, 2.24) is 9.78 Å². The van der Waals surface area contributed by atoms with Crippen LogP contribution >= 0.6 is 39.1 Å². The van der Waals surface area contributed by atoms with Crippen LogP contribution in [0.25, 0.3) is 0 Å². The zero-order chi connectivity index (χ0) is 14.7. The van der Waals surface area contributed by atoms with Gasteiger partial charge in [0.15, 0.2) is 0 Å². The molecule has 0 aliphatic carbocycles. The Morgan fingerprint density at radius 3 is 2.70 bits per heavy atom. The highest BCUT2D eigenvalue weighted by atomic mass is 79.9. The molecule has 3 nitrogen and oxygen atoms in total. The molecule has 20 heavy (non-hydrogen) atoms. The minimum atomic E-state index is 0.610. The van der Waals surface area contributed by atoms with Crippen LogP contribution in [0.1, 0.15) is 25.2 Å². The third-order valence-corrected chi connectivity index (χ3v) is 4.93. The van der Waals surface area contributed by atoms with Crippen molar-refractivity contribution >= 4 is 44.8 Å². The lowest BCUT2D eigenvalue weighted by molar-refractivity contribution is 0.619. The van der Waals surface area contributed by atoms with Crippen LogP contribution in [-0.2, 0) is 19.5 Å². The number of nitrogens with one attached hydrogen (secondary N) is 1. The molecule has 108 valence electrons. The van der Waals surface area contributed by atoms with Gasteiger partial charge in [0.2, 0.25) is 0 Å². The van der Waals surface area contributed by atoms with Gasteiger partial charge in [-0.1, -0.05) is 36.2 Å². The van der Waals surface area contributed by atoms with Gasteiger partial charge in [-0.05, 0) is 41.4 Å². The molecule has 0 fully saturated rings. The van der Waals surface area contributed by atoms with Gasteiger partial charge in [0.25, 0.3) is 0 Å². The van der Waals surface area contributed by atoms with E-state index < -0.39 is 0 Å². The fourth-order valence-electron chi connectivity index (χ4n) is 2.01. The Labute approximate surface area is 137 Å². The van der Waals surface area contributed by atoms with E-state index in [4.69, 9.17) is 23.2 Å². The van der Waals surface area contributed by atoms with Gasteiger partial charge in [0.05, 0.1) is 38.1 Å². The molecule has 0 amide bonds. The Kier molecular flexibility index (Phi) is 5.35. The van der Waals surface area contributed by atoms with Crippen LogP contribution < -0.4 is 5.32 Å². The number of anilines is 1. The molecule has 0 atom stereocenters. The summed E-state index contributed by atoms with van der Waals surface area (Å²) in [4.78, 5) is 0. The summed E-state index contributed by atoms with van der Waals surface area (Å²) < 4.78 is 2.79. The summed E-state index contributed by atoms with van der Waals surface area (Å²) in [5, 5.41) is 9.28. The zero-order valence-electron chi connectivity index (χ0n) is 11.4. The molecule has 1 aromatic heterocycles. The standard InChI is InChI=1S/C14H16BrCl2N3/c1-3-10-14(17)12(20(4-2)19-10)8-18-11-7-5-6-9(16)13(11)15/h5-7,18H,3-4,8H2,1-2H3. The normalized spacial score (nSPS) is 10.8. The molecule has 1 heterocycles. The summed E-state index contributed by atoms with van der Waals surface area (Å²) in [6.45, 7) is 5.52. The minimum absolute atomic E-state index is 0.610. The second-order valence-electron chi connectivity index (χ2n) is 4.33. The predicted octanol–water partition coefficient (Wildman–Crippen LogP) is 5.15. The summed E-state index contributed by atoms with van der Waals surface area (Å²) in [6, 6.07) is 5.72. The third kappa shape index (κ3) is 3.13. The van der Waals surface area contributed by atoms with E-state index in [9.17, 15) is 0 Å². The van der Waals surface area contributed by atoms with Crippen molar-refractivity contribution in [2.75, 3.05) is 5.32 Å². The molecular weight excluding hydrogens is 361 g/mol. The van der Waals surface area contributed by atoms with Gasteiger partial charge in [-0.25, -0.2) is 0 Å². The number of halogens is 3. The lowest BCUT2D eigenvalue weighted by Crippen LogP contribution is -2.08. The Bertz CT molecular complexity index is 611.